The molecule has 0 aliphatic heterocycles. The Morgan fingerprint density at radius 3 is 2.71 bits per heavy atom. The number of para-hydroxylation sites is 1. The summed E-state index contributed by atoms with van der Waals surface area (Å²) in [6.45, 7) is 8.98. The molecule has 1 unspecified atom stereocenters. The van der Waals surface area contributed by atoms with Crippen LogP contribution in [-0.4, -0.2) is 10.2 Å². The maximum absolute atomic E-state index is 4.72. The lowest BCUT2D eigenvalue weighted by atomic mass is 9.92. The molecule has 2 rings (SSSR count). The molecular formula is C18H23NS2. The zero-order valence-corrected chi connectivity index (χ0v) is 14.9. The van der Waals surface area contributed by atoms with Crippen LogP contribution in [0.5, 0.6) is 0 Å². The lowest BCUT2D eigenvalue weighted by molar-refractivity contribution is 0.439. The highest BCUT2D eigenvalue weighted by atomic mass is 32.2. The summed E-state index contributed by atoms with van der Waals surface area (Å²) >= 11 is 3.58. The van der Waals surface area contributed by atoms with Gasteiger partial charge in [-0.15, -0.1) is 17.3 Å². The molecule has 0 spiro atoms. The van der Waals surface area contributed by atoms with Crippen LogP contribution in [0.2, 0.25) is 0 Å². The van der Waals surface area contributed by atoms with Gasteiger partial charge in [-0.25, -0.2) is 4.98 Å². The summed E-state index contributed by atoms with van der Waals surface area (Å²) in [4.78, 5) is 4.72. The molecule has 1 nitrogen and oxygen atoms in total. The fourth-order valence-electron chi connectivity index (χ4n) is 1.86. The van der Waals surface area contributed by atoms with Crippen molar-refractivity contribution in [2.24, 2.45) is 5.41 Å². The normalized spacial score (nSPS) is 13.0. The highest BCUT2D eigenvalue weighted by Crippen LogP contribution is 2.38. The first-order valence-corrected chi connectivity index (χ1v) is 9.21. The molecule has 2 aromatic rings. The molecule has 0 N–H and O–H groups in total. The van der Waals surface area contributed by atoms with Gasteiger partial charge in [-0.05, 0) is 24.0 Å². The van der Waals surface area contributed by atoms with Gasteiger partial charge in [-0.2, -0.15) is 0 Å². The summed E-state index contributed by atoms with van der Waals surface area (Å²) in [6, 6.07) is 8.33. The van der Waals surface area contributed by atoms with Crippen molar-refractivity contribution in [1.82, 2.24) is 4.98 Å². The number of thiazole rings is 1. The van der Waals surface area contributed by atoms with Crippen LogP contribution >= 0.6 is 23.1 Å². The second-order valence-corrected chi connectivity index (χ2v) is 8.62. The Labute approximate surface area is 136 Å². The van der Waals surface area contributed by atoms with Gasteiger partial charge in [0.1, 0.15) is 0 Å². The van der Waals surface area contributed by atoms with Crippen LogP contribution < -0.4 is 0 Å². The molecule has 1 aromatic carbocycles. The second kappa shape index (κ2) is 7.33. The lowest BCUT2D eigenvalue weighted by Gasteiger charge is -2.24. The third-order valence-electron chi connectivity index (χ3n) is 3.17. The van der Waals surface area contributed by atoms with Gasteiger partial charge in [-0.3, -0.25) is 0 Å². The highest BCUT2D eigenvalue weighted by molar-refractivity contribution is 8.02. The lowest BCUT2D eigenvalue weighted by Crippen LogP contribution is -2.21. The zero-order valence-electron chi connectivity index (χ0n) is 13.3. The largest absolute Gasteiger partial charge is 0.230 e. The number of hydrogen-bond donors (Lipinski definition) is 0. The smallest absolute Gasteiger partial charge is 0.152 e. The predicted octanol–water partition coefficient (Wildman–Crippen LogP) is 6.00. The molecule has 0 fully saturated rings. The number of rotatable bonds is 4. The molecule has 1 aromatic heterocycles. The van der Waals surface area contributed by atoms with E-state index in [1.807, 2.05) is 17.8 Å². The standard InChI is InChI=1S/C18H23NS2/c1-5-6-7-8-13-16(18(2,3)4)21-17-19-14-11-9-10-12-15(14)20-17/h9-12,16H,5-7H2,1-4H3. The van der Waals surface area contributed by atoms with Gasteiger partial charge in [0.2, 0.25) is 0 Å². The van der Waals surface area contributed by atoms with Crippen molar-refractivity contribution in [3.05, 3.63) is 24.3 Å². The molecule has 1 atom stereocenters. The van der Waals surface area contributed by atoms with Crippen molar-refractivity contribution >= 4 is 33.3 Å². The van der Waals surface area contributed by atoms with Crippen LogP contribution in [-0.2, 0) is 0 Å². The van der Waals surface area contributed by atoms with E-state index in [1.54, 1.807) is 11.3 Å². The van der Waals surface area contributed by atoms with Crippen LogP contribution in [0.4, 0.5) is 0 Å². The van der Waals surface area contributed by atoms with Crippen molar-refractivity contribution < 1.29 is 0 Å². The number of unbranched alkanes of at least 4 members (excludes halogenated alkanes) is 2. The summed E-state index contributed by atoms with van der Waals surface area (Å²) in [5.41, 5.74) is 1.25. The van der Waals surface area contributed by atoms with Crippen LogP contribution in [0.3, 0.4) is 0 Å². The van der Waals surface area contributed by atoms with Crippen molar-refractivity contribution in [2.45, 2.75) is 56.5 Å². The molecular weight excluding hydrogens is 294 g/mol. The minimum absolute atomic E-state index is 0.154. The van der Waals surface area contributed by atoms with Gasteiger partial charge >= 0.3 is 0 Å². The Morgan fingerprint density at radius 2 is 2.05 bits per heavy atom. The van der Waals surface area contributed by atoms with Gasteiger partial charge in [0.05, 0.1) is 15.5 Å². The molecule has 112 valence electrons. The maximum atomic E-state index is 4.72. The molecule has 0 bridgehead atoms. The van der Waals surface area contributed by atoms with E-state index in [0.717, 1.165) is 16.3 Å². The average Bonchev–Trinajstić information content (AvgIpc) is 2.83. The predicted molar refractivity (Wildman–Crippen MR) is 96.0 cm³/mol. The molecule has 3 heteroatoms. The molecule has 0 radical (unpaired) electrons. The highest BCUT2D eigenvalue weighted by Gasteiger charge is 2.25. The minimum Gasteiger partial charge on any atom is -0.230 e. The number of thioether (sulfide) groups is 1. The SMILES string of the molecule is CCCCC#CC(Sc1nc2ccccc2s1)C(C)(C)C. The third kappa shape index (κ3) is 4.76. The van der Waals surface area contributed by atoms with Gasteiger partial charge in [0.25, 0.3) is 0 Å². The zero-order chi connectivity index (χ0) is 15.3. The first-order chi connectivity index (χ1) is 10.0. The second-order valence-electron chi connectivity index (χ2n) is 6.24. The van der Waals surface area contributed by atoms with E-state index in [2.05, 4.69) is 57.7 Å². The minimum atomic E-state index is 0.154. The molecule has 21 heavy (non-hydrogen) atoms. The Balaban J connectivity index is 2.15. The van der Waals surface area contributed by atoms with Crippen molar-refractivity contribution in [1.29, 1.82) is 0 Å². The van der Waals surface area contributed by atoms with Gasteiger partial charge in [0.15, 0.2) is 4.34 Å². The summed E-state index contributed by atoms with van der Waals surface area (Å²) in [7, 11) is 0. The van der Waals surface area contributed by atoms with Gasteiger partial charge < -0.3 is 0 Å². The summed E-state index contributed by atoms with van der Waals surface area (Å²) < 4.78 is 2.38. The quantitative estimate of drug-likeness (QED) is 0.390. The summed E-state index contributed by atoms with van der Waals surface area (Å²) in [5, 5.41) is 0.287. The van der Waals surface area contributed by atoms with E-state index in [9.17, 15) is 0 Å². The van der Waals surface area contributed by atoms with Crippen LogP contribution in [0.15, 0.2) is 28.6 Å². The van der Waals surface area contributed by atoms with Gasteiger partial charge in [-0.1, -0.05) is 63.9 Å². The number of hydrogen-bond acceptors (Lipinski definition) is 3. The van der Waals surface area contributed by atoms with Gasteiger partial charge in [0, 0.05) is 6.42 Å². The van der Waals surface area contributed by atoms with E-state index < -0.39 is 0 Å². The van der Waals surface area contributed by atoms with E-state index in [-0.39, 0.29) is 10.7 Å². The molecule has 1 heterocycles. The van der Waals surface area contributed by atoms with Crippen LogP contribution in [0.1, 0.15) is 47.0 Å². The monoisotopic (exact) mass is 317 g/mol. The van der Waals surface area contributed by atoms with Crippen LogP contribution in [0, 0.1) is 17.3 Å². The van der Waals surface area contributed by atoms with E-state index in [0.29, 0.717) is 0 Å². The maximum Gasteiger partial charge on any atom is 0.152 e. The number of nitrogens with zero attached hydrogens (tertiary/aromatic N) is 1. The fourth-order valence-corrected chi connectivity index (χ4v) is 4.15. The van der Waals surface area contributed by atoms with E-state index >= 15 is 0 Å². The summed E-state index contributed by atoms with van der Waals surface area (Å²) in [6.07, 6.45) is 3.40. The molecule has 0 aliphatic rings. The molecule has 0 saturated carbocycles. The molecule has 0 aliphatic carbocycles. The number of benzene rings is 1. The Kier molecular flexibility index (Phi) is 5.72. The van der Waals surface area contributed by atoms with Crippen molar-refractivity contribution in [3.63, 3.8) is 0 Å². The first kappa shape index (κ1) is 16.4. The van der Waals surface area contributed by atoms with Crippen molar-refractivity contribution in [3.8, 4) is 11.8 Å². The Bertz CT molecular complexity index is 607. The van der Waals surface area contributed by atoms with E-state index in [1.165, 1.54) is 17.5 Å². The number of aromatic nitrogens is 1. The molecule has 0 amide bonds. The third-order valence-corrected chi connectivity index (χ3v) is 5.89. The van der Waals surface area contributed by atoms with Crippen molar-refractivity contribution in [2.75, 3.05) is 0 Å². The van der Waals surface area contributed by atoms with Crippen LogP contribution in [0.25, 0.3) is 10.2 Å². The summed E-state index contributed by atoms with van der Waals surface area (Å²) in [5.74, 6) is 6.82. The molecule has 0 saturated heterocycles. The first-order valence-electron chi connectivity index (χ1n) is 7.51. The Morgan fingerprint density at radius 1 is 1.29 bits per heavy atom. The topological polar surface area (TPSA) is 12.9 Å². The average molecular weight is 318 g/mol. The van der Waals surface area contributed by atoms with E-state index in [4.69, 9.17) is 4.98 Å². The fraction of sp³-hybridized carbons (Fsp3) is 0.500. The Hall–Kier alpha value is -0.980. The number of fused-ring (bicyclic) bond motifs is 1.